The van der Waals surface area contributed by atoms with E-state index in [0.29, 0.717) is 0 Å². The topological polar surface area (TPSA) is 71.4 Å². The first-order chi connectivity index (χ1) is 11.2. The van der Waals surface area contributed by atoms with Crippen molar-refractivity contribution < 1.29 is 27.7 Å². The normalized spacial score (nSPS) is 9.25. The smallest absolute Gasteiger partial charge is 0.338 e. The Bertz CT molecular complexity index is 669. The summed E-state index contributed by atoms with van der Waals surface area (Å²) in [6, 6.07) is 10.8. The summed E-state index contributed by atoms with van der Waals surface area (Å²) >= 11 is 5.03. The molecule has 0 heterocycles. The van der Waals surface area contributed by atoms with Gasteiger partial charge in [0.2, 0.25) is 9.23 Å². The molecule has 0 aliphatic carbocycles. The average molecular weight is 418 g/mol. The van der Waals surface area contributed by atoms with Crippen LogP contribution in [-0.4, -0.2) is 20.5 Å². The molecule has 0 unspecified atom stereocenters. The number of carbonyl (C=O) groups excluding carboxylic acids is 1. The molecule has 10 heteroatoms. The zero-order valence-electron chi connectivity index (χ0n) is 11.6. The van der Waals surface area contributed by atoms with Crippen molar-refractivity contribution in [2.24, 2.45) is 0 Å². The van der Waals surface area contributed by atoms with Gasteiger partial charge in [0.15, 0.2) is 0 Å². The van der Waals surface area contributed by atoms with Gasteiger partial charge in [-0.25, -0.2) is 17.8 Å². The van der Waals surface area contributed by atoms with E-state index in [2.05, 4.69) is 21.4 Å². The zero-order valence-corrected chi connectivity index (χ0v) is 14.7. The number of rotatable bonds is 2. The highest BCUT2D eigenvalue weighted by Crippen LogP contribution is 2.08. The summed E-state index contributed by atoms with van der Waals surface area (Å²) in [6.45, 7) is 0. The molecule has 4 nitrogen and oxygen atoms in total. The van der Waals surface area contributed by atoms with E-state index in [0.717, 1.165) is 6.07 Å². The molecule has 0 spiro atoms. The fourth-order valence-electron chi connectivity index (χ4n) is 1.26. The van der Waals surface area contributed by atoms with Crippen molar-refractivity contribution in [2.45, 2.75) is 0 Å². The molecule has 0 atom stereocenters. The van der Waals surface area contributed by atoms with Crippen LogP contribution >= 0.6 is 33.0 Å². The number of halogens is 5. The molecule has 0 aliphatic rings. The second-order valence-corrected chi connectivity index (χ2v) is 6.59. The Balaban J connectivity index is 0.000000363. The van der Waals surface area contributed by atoms with Crippen LogP contribution in [0.15, 0.2) is 48.5 Å². The van der Waals surface area contributed by atoms with Gasteiger partial charge < -0.3 is 5.11 Å². The summed E-state index contributed by atoms with van der Waals surface area (Å²) in [5.41, 5.74) is -0.369. The molecule has 0 aliphatic heterocycles. The molecule has 2 aromatic rings. The van der Waals surface area contributed by atoms with Gasteiger partial charge in [-0.05, 0) is 35.9 Å². The van der Waals surface area contributed by atoms with E-state index in [9.17, 15) is 18.4 Å². The van der Waals surface area contributed by atoms with Crippen molar-refractivity contribution in [1.82, 2.24) is 0 Å². The van der Waals surface area contributed by atoms with Gasteiger partial charge in [-0.15, -0.1) is 0 Å². The lowest BCUT2D eigenvalue weighted by atomic mass is 10.2. The van der Waals surface area contributed by atoms with Gasteiger partial charge >= 0.3 is 5.97 Å². The third-order valence-corrected chi connectivity index (χ3v) is 2.39. The van der Waals surface area contributed by atoms with E-state index >= 15 is 0 Å². The molecule has 0 saturated heterocycles. The van der Waals surface area contributed by atoms with Crippen molar-refractivity contribution in [3.05, 3.63) is 71.3 Å². The molecular weight excluding hydrogens is 409 g/mol. The van der Waals surface area contributed by atoms with Gasteiger partial charge in [-0.3, -0.25) is 4.79 Å². The van der Waals surface area contributed by atoms with Crippen LogP contribution in [0.1, 0.15) is 20.7 Å². The van der Waals surface area contributed by atoms with Gasteiger partial charge in [0.1, 0.15) is 11.6 Å². The Morgan fingerprint density at radius 1 is 0.875 bits per heavy atom. The number of aromatic carboxylic acids is 1. The van der Waals surface area contributed by atoms with Gasteiger partial charge in [0.25, 0.3) is 5.24 Å². The minimum atomic E-state index is -1.67. The monoisotopic (exact) mass is 416 g/mol. The number of carboxylic acids is 1. The number of carbonyl (C=O) groups is 2. The van der Waals surface area contributed by atoms with Crippen molar-refractivity contribution in [1.29, 1.82) is 0 Å². The Morgan fingerprint density at radius 3 is 1.42 bits per heavy atom. The number of hydrogen-bond donors (Lipinski definition) is 1. The molecule has 0 saturated carbocycles. The van der Waals surface area contributed by atoms with Crippen LogP contribution in [0.5, 0.6) is 0 Å². The molecule has 24 heavy (non-hydrogen) atoms. The third-order valence-electron chi connectivity index (χ3n) is 2.19. The van der Waals surface area contributed by atoms with E-state index in [1.807, 2.05) is 0 Å². The largest absolute Gasteiger partial charge is 0.478 e. The van der Waals surface area contributed by atoms with Gasteiger partial charge in [0, 0.05) is 21.4 Å². The molecule has 130 valence electrons. The van der Waals surface area contributed by atoms with Crippen LogP contribution in [0.3, 0.4) is 0 Å². The number of benzene rings is 2. The third kappa shape index (κ3) is 9.57. The quantitative estimate of drug-likeness (QED) is 0.714. The summed E-state index contributed by atoms with van der Waals surface area (Å²) in [5, 5.41) is 7.56. The predicted octanol–water partition coefficient (Wildman–Crippen LogP) is 4.77. The Kier molecular flexibility index (Phi) is 11.1. The predicted molar refractivity (Wildman–Crippen MR) is 89.8 cm³/mol. The molecule has 0 bridgehead atoms. The maximum absolute atomic E-state index is 12.5. The van der Waals surface area contributed by atoms with Crippen molar-refractivity contribution in [3.8, 4) is 0 Å². The molecule has 0 fully saturated rings. The average Bonchev–Trinajstić information content (AvgIpc) is 2.47. The summed E-state index contributed by atoms with van der Waals surface area (Å²) < 4.78 is 34.1. The maximum Gasteiger partial charge on any atom is 0.338 e. The first-order valence-corrected chi connectivity index (χ1v) is 9.01. The second-order valence-electron chi connectivity index (χ2n) is 3.72. The van der Waals surface area contributed by atoms with Crippen LogP contribution in [-0.2, 0) is 9.23 Å². The number of carboxylic acid groups (broad SMARTS) is 1. The Morgan fingerprint density at radius 2 is 1.21 bits per heavy atom. The molecule has 1 N–H and O–H groups in total. The Hall–Kier alpha value is -1.54. The lowest BCUT2D eigenvalue weighted by Crippen LogP contribution is -1.98. The van der Waals surface area contributed by atoms with Crippen LogP contribution < -0.4 is 0 Å². The zero-order chi connectivity index (χ0) is 18.7. The Labute approximate surface area is 152 Å². The minimum Gasteiger partial charge on any atom is -0.478 e. The number of hydrogen-bond acceptors (Lipinski definition) is 3. The molecule has 0 aromatic heterocycles. The van der Waals surface area contributed by atoms with Gasteiger partial charge in [-0.1, -0.05) is 24.3 Å². The lowest BCUT2D eigenvalue weighted by Gasteiger charge is -1.92. The maximum atomic E-state index is 12.5. The lowest BCUT2D eigenvalue weighted by molar-refractivity contribution is 0.0691. The van der Waals surface area contributed by atoms with E-state index in [4.69, 9.17) is 20.9 Å². The van der Waals surface area contributed by atoms with Crippen molar-refractivity contribution in [2.75, 3.05) is 0 Å². The summed E-state index contributed by atoms with van der Waals surface area (Å²) in [5.74, 6) is -2.52. The second kappa shape index (κ2) is 11.9. The van der Waals surface area contributed by atoms with Gasteiger partial charge in [0.05, 0.1) is 11.1 Å². The minimum absolute atomic E-state index is 0.0795. The summed E-state index contributed by atoms with van der Waals surface area (Å²) in [7, 11) is 7.36. The van der Waals surface area contributed by atoms with Crippen LogP contribution in [0.4, 0.5) is 8.78 Å². The molecule has 0 amide bonds. The van der Waals surface area contributed by atoms with Crippen LogP contribution in [0.2, 0.25) is 0 Å². The highest BCUT2D eigenvalue weighted by molar-refractivity contribution is 8.26. The van der Waals surface area contributed by atoms with E-state index < -0.39 is 32.1 Å². The highest BCUT2D eigenvalue weighted by atomic mass is 36.0. The fourth-order valence-corrected chi connectivity index (χ4v) is 1.41. The first kappa shape index (κ1) is 22.5. The molecule has 2 aromatic carbocycles. The first-order valence-electron chi connectivity index (χ1n) is 5.83. The van der Waals surface area contributed by atoms with Crippen LogP contribution in [0.25, 0.3) is 0 Å². The van der Waals surface area contributed by atoms with Crippen LogP contribution in [0, 0.1) is 11.6 Å². The van der Waals surface area contributed by atoms with Crippen molar-refractivity contribution >= 4 is 53.4 Å². The van der Waals surface area contributed by atoms with Crippen molar-refractivity contribution in [3.63, 3.8) is 0 Å². The SMILES string of the molecule is O=C(Cl)c1ccccc1F.O=C(O)c1ccccc1F.O=S(Cl)Cl. The van der Waals surface area contributed by atoms with E-state index in [-0.39, 0.29) is 11.1 Å². The summed E-state index contributed by atoms with van der Waals surface area (Å²) in [4.78, 5) is 20.6. The molecular formula is C14H9Cl3F2O4S. The van der Waals surface area contributed by atoms with E-state index in [1.165, 1.54) is 36.4 Å². The highest BCUT2D eigenvalue weighted by Gasteiger charge is 2.06. The standard InChI is InChI=1S/C7H4ClFO.C7H5FO2.Cl2OS/c8-7(10)5-3-1-2-4-6(5)9;8-6-4-2-1-3-5(6)7(9)10;1-4(2)3/h1-4H;1-4H,(H,9,10);. The van der Waals surface area contributed by atoms with E-state index in [1.54, 1.807) is 6.07 Å². The van der Waals surface area contributed by atoms with Gasteiger partial charge in [-0.2, -0.15) is 0 Å². The summed E-state index contributed by atoms with van der Waals surface area (Å²) in [6.07, 6.45) is 0. The molecule has 0 radical (unpaired) electrons. The molecule has 2 rings (SSSR count). The fraction of sp³-hybridized carbons (Fsp3) is 0.